The molecule has 0 bridgehead atoms. The number of benzene rings is 2. The van der Waals surface area contributed by atoms with E-state index in [0.29, 0.717) is 5.75 Å². The number of amides is 1. The van der Waals surface area contributed by atoms with Crippen molar-refractivity contribution in [3.63, 3.8) is 0 Å². The molecule has 4 heteroatoms. The number of hydrogen-bond donors (Lipinski definition) is 2. The summed E-state index contributed by atoms with van der Waals surface area (Å²) in [4.78, 5) is 11.8. The molecule has 21 heavy (non-hydrogen) atoms. The first kappa shape index (κ1) is 15.1. The summed E-state index contributed by atoms with van der Waals surface area (Å²) in [6, 6.07) is 15.1. The van der Waals surface area contributed by atoms with E-state index in [0.717, 1.165) is 16.8 Å². The third-order valence-electron chi connectivity index (χ3n) is 3.11. The Balaban J connectivity index is 1.84. The maximum absolute atomic E-state index is 11.8. The fourth-order valence-corrected chi connectivity index (χ4v) is 1.85. The van der Waals surface area contributed by atoms with Crippen LogP contribution in [0.4, 0.5) is 5.69 Å². The standard InChI is InChI=1S/C17H20N2O2/c1-12-3-7-15(8-4-12)19-17(20)11-21-16-9-5-14(6-10-16)13(2)18/h3-10,13H,11,18H2,1-2H3,(H,19,20)/t13-/m0/s1. The van der Waals surface area contributed by atoms with Crippen LogP contribution in [0.25, 0.3) is 0 Å². The van der Waals surface area contributed by atoms with E-state index in [4.69, 9.17) is 10.5 Å². The van der Waals surface area contributed by atoms with Crippen molar-refractivity contribution in [1.29, 1.82) is 0 Å². The summed E-state index contributed by atoms with van der Waals surface area (Å²) in [7, 11) is 0. The Bertz CT molecular complexity index is 589. The predicted molar refractivity (Wildman–Crippen MR) is 84.3 cm³/mol. The minimum Gasteiger partial charge on any atom is -0.484 e. The molecule has 0 heterocycles. The van der Waals surface area contributed by atoms with Gasteiger partial charge in [0.05, 0.1) is 0 Å². The summed E-state index contributed by atoms with van der Waals surface area (Å²) in [5.41, 5.74) is 8.73. The summed E-state index contributed by atoms with van der Waals surface area (Å²) in [6.45, 7) is 3.90. The van der Waals surface area contributed by atoms with Crippen molar-refractivity contribution < 1.29 is 9.53 Å². The van der Waals surface area contributed by atoms with E-state index in [9.17, 15) is 4.79 Å². The lowest BCUT2D eigenvalue weighted by atomic mass is 10.1. The van der Waals surface area contributed by atoms with E-state index in [1.165, 1.54) is 0 Å². The molecule has 2 rings (SSSR count). The van der Waals surface area contributed by atoms with Gasteiger partial charge in [-0.15, -0.1) is 0 Å². The summed E-state index contributed by atoms with van der Waals surface area (Å²) in [5, 5.41) is 2.79. The van der Waals surface area contributed by atoms with Gasteiger partial charge in [0.15, 0.2) is 6.61 Å². The second-order valence-corrected chi connectivity index (χ2v) is 5.06. The summed E-state index contributed by atoms with van der Waals surface area (Å²) in [5.74, 6) is 0.466. The van der Waals surface area contributed by atoms with Gasteiger partial charge in [-0.05, 0) is 43.7 Å². The van der Waals surface area contributed by atoms with Gasteiger partial charge in [0, 0.05) is 11.7 Å². The molecule has 1 amide bonds. The quantitative estimate of drug-likeness (QED) is 0.887. The SMILES string of the molecule is Cc1ccc(NC(=O)COc2ccc([C@H](C)N)cc2)cc1. The number of ether oxygens (including phenoxy) is 1. The van der Waals surface area contributed by atoms with Crippen LogP contribution >= 0.6 is 0 Å². The van der Waals surface area contributed by atoms with Crippen molar-refractivity contribution in [2.24, 2.45) is 5.73 Å². The van der Waals surface area contributed by atoms with Crippen molar-refractivity contribution in [2.45, 2.75) is 19.9 Å². The lowest BCUT2D eigenvalue weighted by Crippen LogP contribution is -2.20. The van der Waals surface area contributed by atoms with Crippen molar-refractivity contribution in [1.82, 2.24) is 0 Å². The first-order valence-corrected chi connectivity index (χ1v) is 6.89. The van der Waals surface area contributed by atoms with Gasteiger partial charge in [-0.2, -0.15) is 0 Å². The fourth-order valence-electron chi connectivity index (χ4n) is 1.85. The smallest absolute Gasteiger partial charge is 0.262 e. The van der Waals surface area contributed by atoms with Gasteiger partial charge < -0.3 is 15.8 Å². The number of hydrogen-bond acceptors (Lipinski definition) is 3. The Labute approximate surface area is 124 Å². The van der Waals surface area contributed by atoms with Gasteiger partial charge >= 0.3 is 0 Å². The third kappa shape index (κ3) is 4.61. The van der Waals surface area contributed by atoms with Crippen molar-refractivity contribution in [2.75, 3.05) is 11.9 Å². The van der Waals surface area contributed by atoms with Crippen LogP contribution in [0, 0.1) is 6.92 Å². The number of carbonyl (C=O) groups is 1. The Morgan fingerprint density at radius 1 is 1.14 bits per heavy atom. The van der Waals surface area contributed by atoms with Crippen LogP contribution in [-0.2, 0) is 4.79 Å². The molecule has 3 N–H and O–H groups in total. The zero-order valence-corrected chi connectivity index (χ0v) is 12.3. The molecule has 110 valence electrons. The second-order valence-electron chi connectivity index (χ2n) is 5.06. The van der Waals surface area contributed by atoms with Crippen LogP contribution in [0.2, 0.25) is 0 Å². The van der Waals surface area contributed by atoms with Crippen LogP contribution in [0.5, 0.6) is 5.75 Å². The van der Waals surface area contributed by atoms with Crippen molar-refractivity contribution in [3.05, 3.63) is 59.7 Å². The maximum atomic E-state index is 11.8. The summed E-state index contributed by atoms with van der Waals surface area (Å²) >= 11 is 0. The van der Waals surface area contributed by atoms with Crippen molar-refractivity contribution in [3.8, 4) is 5.75 Å². The molecule has 2 aromatic carbocycles. The molecular formula is C17H20N2O2. The largest absolute Gasteiger partial charge is 0.484 e. The number of nitrogens with one attached hydrogen (secondary N) is 1. The van der Waals surface area contributed by atoms with E-state index in [1.54, 1.807) is 0 Å². The molecular weight excluding hydrogens is 264 g/mol. The highest BCUT2D eigenvalue weighted by Crippen LogP contribution is 2.16. The van der Waals surface area contributed by atoms with Gasteiger partial charge in [-0.1, -0.05) is 29.8 Å². The second kappa shape index (κ2) is 6.90. The monoisotopic (exact) mass is 284 g/mol. The zero-order valence-electron chi connectivity index (χ0n) is 12.3. The number of carbonyl (C=O) groups excluding carboxylic acids is 1. The molecule has 0 spiro atoms. The highest BCUT2D eigenvalue weighted by Gasteiger charge is 2.04. The minimum atomic E-state index is -0.185. The van der Waals surface area contributed by atoms with E-state index < -0.39 is 0 Å². The number of rotatable bonds is 5. The van der Waals surface area contributed by atoms with E-state index >= 15 is 0 Å². The molecule has 4 nitrogen and oxygen atoms in total. The first-order valence-electron chi connectivity index (χ1n) is 6.89. The van der Waals surface area contributed by atoms with Crippen LogP contribution < -0.4 is 15.8 Å². The Hall–Kier alpha value is -2.33. The maximum Gasteiger partial charge on any atom is 0.262 e. The molecule has 1 atom stereocenters. The Morgan fingerprint density at radius 3 is 2.33 bits per heavy atom. The highest BCUT2D eigenvalue weighted by atomic mass is 16.5. The molecule has 0 aliphatic heterocycles. The number of anilines is 1. The lowest BCUT2D eigenvalue weighted by Gasteiger charge is -2.09. The average Bonchev–Trinajstić information content (AvgIpc) is 2.48. The van der Waals surface area contributed by atoms with Crippen molar-refractivity contribution >= 4 is 11.6 Å². The van der Waals surface area contributed by atoms with E-state index in [-0.39, 0.29) is 18.6 Å². The topological polar surface area (TPSA) is 64.3 Å². The minimum absolute atomic E-state index is 0.0103. The Morgan fingerprint density at radius 2 is 1.76 bits per heavy atom. The van der Waals surface area contributed by atoms with Crippen LogP contribution in [0.1, 0.15) is 24.1 Å². The Kier molecular flexibility index (Phi) is 4.95. The molecule has 0 saturated heterocycles. The molecule has 0 aliphatic carbocycles. The molecule has 0 fully saturated rings. The average molecular weight is 284 g/mol. The number of nitrogens with two attached hydrogens (primary N) is 1. The first-order chi connectivity index (χ1) is 10.0. The van der Waals surface area contributed by atoms with Crippen LogP contribution in [-0.4, -0.2) is 12.5 Å². The van der Waals surface area contributed by atoms with Gasteiger partial charge in [-0.25, -0.2) is 0 Å². The molecule has 0 radical (unpaired) electrons. The third-order valence-corrected chi connectivity index (χ3v) is 3.11. The normalized spacial score (nSPS) is 11.8. The molecule has 0 saturated carbocycles. The van der Waals surface area contributed by atoms with Gasteiger partial charge in [-0.3, -0.25) is 4.79 Å². The van der Waals surface area contributed by atoms with Crippen LogP contribution in [0.15, 0.2) is 48.5 Å². The lowest BCUT2D eigenvalue weighted by molar-refractivity contribution is -0.118. The summed E-state index contributed by atoms with van der Waals surface area (Å²) in [6.07, 6.45) is 0. The van der Waals surface area contributed by atoms with Gasteiger partial charge in [0.1, 0.15) is 5.75 Å². The molecule has 0 aromatic heterocycles. The molecule has 0 unspecified atom stereocenters. The van der Waals surface area contributed by atoms with Crippen LogP contribution in [0.3, 0.4) is 0 Å². The molecule has 2 aromatic rings. The predicted octanol–water partition coefficient (Wildman–Crippen LogP) is 3.03. The summed E-state index contributed by atoms with van der Waals surface area (Å²) < 4.78 is 5.45. The zero-order chi connectivity index (χ0) is 15.2. The van der Waals surface area contributed by atoms with Gasteiger partial charge in [0.2, 0.25) is 0 Å². The van der Waals surface area contributed by atoms with E-state index in [2.05, 4.69) is 5.32 Å². The fraction of sp³-hybridized carbons (Fsp3) is 0.235. The molecule has 0 aliphatic rings. The van der Waals surface area contributed by atoms with E-state index in [1.807, 2.05) is 62.4 Å². The number of aryl methyl sites for hydroxylation is 1. The highest BCUT2D eigenvalue weighted by molar-refractivity contribution is 5.91. The van der Waals surface area contributed by atoms with Gasteiger partial charge in [0.25, 0.3) is 5.91 Å².